The van der Waals surface area contributed by atoms with Crippen molar-refractivity contribution in [3.8, 4) is 0 Å². The van der Waals surface area contributed by atoms with Crippen LogP contribution in [0.5, 0.6) is 0 Å². The topological polar surface area (TPSA) is 59.1 Å². The average Bonchev–Trinajstić information content (AvgIpc) is 3.49. The molecule has 2 aliphatic rings. The number of allylic oxidation sites excluding steroid dienone is 1. The van der Waals surface area contributed by atoms with E-state index in [9.17, 15) is 9.59 Å². The van der Waals surface area contributed by atoms with Crippen molar-refractivity contribution < 1.29 is 9.59 Å². The van der Waals surface area contributed by atoms with Gasteiger partial charge in [-0.25, -0.2) is 0 Å². The zero-order valence-corrected chi connectivity index (χ0v) is 20.9. The number of halogens is 1. The van der Waals surface area contributed by atoms with Crippen LogP contribution in [-0.2, 0) is 28.9 Å². The maximum atomic E-state index is 12.9. The zero-order valence-electron chi connectivity index (χ0n) is 20.1. The van der Waals surface area contributed by atoms with Gasteiger partial charge in [-0.15, -0.1) is 0 Å². The number of nitrogens with one attached hydrogen (secondary N) is 1. The molecular weight excluding hydrogens is 456 g/mol. The molecule has 1 heterocycles. The average molecular weight is 487 g/mol. The smallest absolute Gasteiger partial charge is 0.223 e. The zero-order chi connectivity index (χ0) is 24.4. The molecule has 0 unspecified atom stereocenters. The number of aryl methyl sites for hydroxylation is 1. The van der Waals surface area contributed by atoms with Crippen molar-refractivity contribution in [2.75, 3.05) is 0 Å². The quantitative estimate of drug-likeness (QED) is 0.422. The maximum absolute atomic E-state index is 12.9. The van der Waals surface area contributed by atoms with Gasteiger partial charge in [-0.05, 0) is 72.9 Å². The Kier molecular flexibility index (Phi) is 7.01. The van der Waals surface area contributed by atoms with E-state index in [2.05, 4.69) is 52.8 Å². The number of fused-ring (bicyclic) bond motifs is 2. The molecule has 1 amide bonds. The molecule has 180 valence electrons. The molecule has 1 N–H and O–H groups in total. The normalized spacial score (nSPS) is 19.9. The number of hydrogen-bond donors (Lipinski definition) is 1. The van der Waals surface area contributed by atoms with Crippen LogP contribution < -0.4 is 5.32 Å². The highest BCUT2D eigenvalue weighted by Gasteiger charge is 2.31. The number of hydrogen-bond acceptors (Lipinski definition) is 3. The molecule has 1 saturated carbocycles. The van der Waals surface area contributed by atoms with Crippen LogP contribution in [-0.4, -0.2) is 22.7 Å². The molecule has 2 aliphatic carbocycles. The summed E-state index contributed by atoms with van der Waals surface area (Å²) in [5.74, 6) is 0.561. The molecule has 3 atom stereocenters. The van der Waals surface area contributed by atoms with E-state index >= 15 is 0 Å². The van der Waals surface area contributed by atoms with Gasteiger partial charge in [0.2, 0.25) is 5.91 Å². The van der Waals surface area contributed by atoms with Crippen LogP contribution in [0.25, 0.3) is 15.8 Å². The van der Waals surface area contributed by atoms with Crippen molar-refractivity contribution >= 4 is 39.1 Å². The largest absolute Gasteiger partial charge is 0.346 e. The summed E-state index contributed by atoms with van der Waals surface area (Å²) in [5, 5.41) is 6.23. The van der Waals surface area contributed by atoms with Crippen molar-refractivity contribution in [2.45, 2.75) is 57.9 Å². The molecule has 0 bridgehead atoms. The van der Waals surface area contributed by atoms with Crippen molar-refractivity contribution in [2.24, 2.45) is 11.8 Å². The van der Waals surface area contributed by atoms with Gasteiger partial charge >= 0.3 is 0 Å². The van der Waals surface area contributed by atoms with Crippen LogP contribution in [0.3, 0.4) is 0 Å². The minimum Gasteiger partial charge on any atom is -0.346 e. The van der Waals surface area contributed by atoms with Gasteiger partial charge in [0.05, 0.1) is 11.7 Å². The van der Waals surface area contributed by atoms with Gasteiger partial charge in [-0.2, -0.15) is 0 Å². The first-order chi connectivity index (χ1) is 17.0. The predicted octanol–water partition coefficient (Wildman–Crippen LogP) is 6.04. The third-order valence-electron chi connectivity index (χ3n) is 7.51. The van der Waals surface area contributed by atoms with E-state index in [1.54, 1.807) is 6.92 Å². The number of ketones is 1. The maximum Gasteiger partial charge on any atom is 0.223 e. The van der Waals surface area contributed by atoms with Crippen molar-refractivity contribution in [1.29, 1.82) is 0 Å². The molecule has 3 aromatic rings. The van der Waals surface area contributed by atoms with Gasteiger partial charge in [0.25, 0.3) is 0 Å². The second-order valence-electron chi connectivity index (χ2n) is 10.1. The Labute approximate surface area is 211 Å². The fourth-order valence-corrected chi connectivity index (χ4v) is 5.67. The number of aromatic nitrogens is 1. The highest BCUT2D eigenvalue weighted by atomic mass is 35.5. The first-order valence-electron chi connectivity index (χ1n) is 12.6. The standard InChI is InChI=1S/C30H31ClN2O2/c1-19(29(34)13-8-22-17-26-27(31)11-12-28(26)32-18-22)33-30(35)25-10-7-21(16-25)14-20-6-9-23-4-2-3-5-24(23)15-20/h2-6,9,11,15,17-19,21,25H,7-8,10,12-14,16H2,1H3,(H,33,35)/t19-,21-,25+/m0/s1. The molecule has 35 heavy (non-hydrogen) atoms. The lowest BCUT2D eigenvalue weighted by molar-refractivity contribution is -0.129. The van der Waals surface area contributed by atoms with E-state index in [4.69, 9.17) is 11.6 Å². The molecule has 0 saturated heterocycles. The second-order valence-corrected chi connectivity index (χ2v) is 10.5. The Balaban J connectivity index is 1.09. The van der Waals surface area contributed by atoms with Crippen LogP contribution in [0, 0.1) is 11.8 Å². The van der Waals surface area contributed by atoms with E-state index in [0.717, 1.165) is 54.0 Å². The van der Waals surface area contributed by atoms with E-state index in [0.29, 0.717) is 18.8 Å². The van der Waals surface area contributed by atoms with Gasteiger partial charge < -0.3 is 5.32 Å². The number of benzene rings is 2. The SMILES string of the molecule is C[C@H](NC(=O)[C@@H]1CC[C@@H](Cc2ccc3ccccc3c2)C1)C(=O)CCc1cnc2c(c1)C(Cl)=CC2. The number of rotatable bonds is 8. The molecule has 5 rings (SSSR count). The number of carbonyl (C=O) groups is 2. The number of nitrogens with zero attached hydrogens (tertiary/aromatic N) is 1. The third kappa shape index (κ3) is 5.48. The Bertz CT molecular complexity index is 1300. The van der Waals surface area contributed by atoms with Crippen LogP contribution in [0.1, 0.15) is 55.0 Å². The fourth-order valence-electron chi connectivity index (χ4n) is 5.43. The van der Waals surface area contributed by atoms with Crippen molar-refractivity contribution in [3.05, 3.63) is 83.2 Å². The molecule has 0 radical (unpaired) electrons. The minimum absolute atomic E-state index is 0.00875. The number of carbonyl (C=O) groups excluding carboxylic acids is 2. The molecule has 0 aliphatic heterocycles. The predicted molar refractivity (Wildman–Crippen MR) is 141 cm³/mol. The highest BCUT2D eigenvalue weighted by Crippen LogP contribution is 2.34. The minimum atomic E-state index is -0.479. The Morgan fingerprint density at radius 3 is 2.77 bits per heavy atom. The first-order valence-corrected chi connectivity index (χ1v) is 13.0. The van der Waals surface area contributed by atoms with E-state index in [-0.39, 0.29) is 17.6 Å². The van der Waals surface area contributed by atoms with Gasteiger partial charge in [0, 0.05) is 35.6 Å². The summed E-state index contributed by atoms with van der Waals surface area (Å²) in [5.41, 5.74) is 4.28. The van der Waals surface area contributed by atoms with E-state index in [1.807, 2.05) is 18.3 Å². The van der Waals surface area contributed by atoms with Crippen LogP contribution >= 0.6 is 11.6 Å². The van der Waals surface area contributed by atoms with Crippen molar-refractivity contribution in [3.63, 3.8) is 0 Å². The van der Waals surface area contributed by atoms with Crippen molar-refractivity contribution in [1.82, 2.24) is 10.3 Å². The first kappa shape index (κ1) is 23.7. The highest BCUT2D eigenvalue weighted by molar-refractivity contribution is 6.49. The second kappa shape index (κ2) is 10.3. The molecular formula is C30H31ClN2O2. The summed E-state index contributed by atoms with van der Waals surface area (Å²) in [6, 6.07) is 16.6. The molecule has 5 heteroatoms. The van der Waals surface area contributed by atoms with Crippen LogP contribution in [0.2, 0.25) is 0 Å². The van der Waals surface area contributed by atoms with Gasteiger partial charge in [-0.3, -0.25) is 14.6 Å². The third-order valence-corrected chi connectivity index (χ3v) is 7.87. The van der Waals surface area contributed by atoms with E-state index < -0.39 is 6.04 Å². The monoisotopic (exact) mass is 486 g/mol. The summed E-state index contributed by atoms with van der Waals surface area (Å²) in [7, 11) is 0. The summed E-state index contributed by atoms with van der Waals surface area (Å²) in [6.07, 6.45) is 9.34. The number of Topliss-reactive ketones (excluding diaryl/α,β-unsaturated/α-hetero) is 1. The molecule has 2 aromatic carbocycles. The summed E-state index contributed by atoms with van der Waals surface area (Å²) in [6.45, 7) is 1.79. The van der Waals surface area contributed by atoms with Gasteiger partial charge in [0.15, 0.2) is 5.78 Å². The Morgan fingerprint density at radius 2 is 1.91 bits per heavy atom. The lowest BCUT2D eigenvalue weighted by atomic mass is 9.95. The van der Waals surface area contributed by atoms with E-state index in [1.165, 1.54) is 16.3 Å². The summed E-state index contributed by atoms with van der Waals surface area (Å²) >= 11 is 6.23. The summed E-state index contributed by atoms with van der Waals surface area (Å²) in [4.78, 5) is 30.0. The fraction of sp³-hybridized carbons (Fsp3) is 0.367. The van der Waals surface area contributed by atoms with Crippen LogP contribution in [0.15, 0.2) is 60.8 Å². The Morgan fingerprint density at radius 1 is 1.09 bits per heavy atom. The lowest BCUT2D eigenvalue weighted by Crippen LogP contribution is -2.41. The lowest BCUT2D eigenvalue weighted by Gasteiger charge is -2.17. The molecule has 1 aromatic heterocycles. The molecule has 4 nitrogen and oxygen atoms in total. The Hall–Kier alpha value is -2.98. The van der Waals surface area contributed by atoms with Gasteiger partial charge in [-0.1, -0.05) is 60.1 Å². The number of amides is 1. The molecule has 0 spiro atoms. The van der Waals surface area contributed by atoms with Gasteiger partial charge in [0.1, 0.15) is 0 Å². The number of pyridine rings is 1. The van der Waals surface area contributed by atoms with Crippen LogP contribution in [0.4, 0.5) is 0 Å². The summed E-state index contributed by atoms with van der Waals surface area (Å²) < 4.78 is 0. The molecule has 1 fully saturated rings.